The predicted octanol–water partition coefficient (Wildman–Crippen LogP) is 17.7. The molecule has 312 valence electrons. The van der Waals surface area contributed by atoms with E-state index in [0.717, 1.165) is 39.3 Å². The molecule has 0 fully saturated rings. The number of aryl methyl sites for hydroxylation is 1. The molecule has 0 N–H and O–H groups in total. The smallest absolute Gasteiger partial charge is 0.0972 e. The van der Waals surface area contributed by atoms with Crippen molar-refractivity contribution < 1.29 is 0 Å². The van der Waals surface area contributed by atoms with Crippen LogP contribution in [0, 0.1) is 6.92 Å². The van der Waals surface area contributed by atoms with Crippen molar-refractivity contribution in [1.82, 2.24) is 9.97 Å². The van der Waals surface area contributed by atoms with Crippen LogP contribution in [0.2, 0.25) is 0 Å². The quantitative estimate of drug-likeness (QED) is 0.123. The van der Waals surface area contributed by atoms with E-state index < -0.39 is 0 Å². The van der Waals surface area contributed by atoms with Gasteiger partial charge in [0.1, 0.15) is 0 Å². The zero-order valence-corrected chi connectivity index (χ0v) is 36.9. The van der Waals surface area contributed by atoms with E-state index in [1.54, 1.807) is 0 Å². The first-order valence-electron chi connectivity index (χ1n) is 23.1. The Morgan fingerprint density at radius 2 is 0.776 bits per heavy atom. The molecule has 0 saturated heterocycles. The summed E-state index contributed by atoms with van der Waals surface area (Å²) in [6, 6.07) is 83.8. The van der Waals surface area contributed by atoms with Gasteiger partial charge in [-0.3, -0.25) is 4.98 Å². The van der Waals surface area contributed by atoms with Crippen LogP contribution in [-0.2, 0) is 0 Å². The maximum absolute atomic E-state index is 5.26. The standard InChI is InChI=1S/C65H42N2/c1-41-15-12-20-43-33-34-45-22-14-28-57(63(45)59(41)43)56-27-13-21-44-35-36-49-39-50(37-38-51(49)60(44)56)62-54-25-10-8-23-52(54)61(53-24-9-11-26-55(53)62)46-31-29-42(30-32-46)58-40-66-64(47-16-4-2-5-17-47)65(67-58)48-18-6-3-7-19-48/h2-40H,1H3. The summed E-state index contributed by atoms with van der Waals surface area (Å²) in [6.45, 7) is 2.23. The maximum Gasteiger partial charge on any atom is 0.0972 e. The lowest BCUT2D eigenvalue weighted by Gasteiger charge is -2.19. The zero-order valence-electron chi connectivity index (χ0n) is 36.9. The zero-order chi connectivity index (χ0) is 44.4. The Morgan fingerprint density at radius 3 is 1.40 bits per heavy atom. The number of rotatable bonds is 6. The van der Waals surface area contributed by atoms with Gasteiger partial charge in [-0.05, 0) is 117 Å². The van der Waals surface area contributed by atoms with Gasteiger partial charge < -0.3 is 0 Å². The van der Waals surface area contributed by atoms with E-state index in [4.69, 9.17) is 9.97 Å². The molecule has 0 saturated carbocycles. The molecular formula is C65H42N2. The Morgan fingerprint density at radius 1 is 0.299 bits per heavy atom. The molecule has 13 aromatic rings. The van der Waals surface area contributed by atoms with E-state index in [1.807, 2.05) is 30.5 Å². The number of nitrogens with zero attached hydrogens (tertiary/aromatic N) is 2. The van der Waals surface area contributed by atoms with Crippen LogP contribution in [0.5, 0.6) is 0 Å². The SMILES string of the molecule is Cc1cccc2ccc3cccc(-c4cccc5ccc6cc(-c7c8ccccc8c(-c8ccc(-c9cnc(-c%10ccccc%10)c(-c%10ccccc%10)n9)cc8)c8ccccc78)ccc6c45)c3c12. The number of hydrogen-bond acceptors (Lipinski definition) is 2. The average Bonchev–Trinajstić information content (AvgIpc) is 3.40. The average molecular weight is 851 g/mol. The molecule has 0 radical (unpaired) electrons. The summed E-state index contributed by atoms with van der Waals surface area (Å²) in [4.78, 5) is 10.3. The van der Waals surface area contributed by atoms with Crippen LogP contribution >= 0.6 is 0 Å². The van der Waals surface area contributed by atoms with Crippen LogP contribution < -0.4 is 0 Å². The summed E-state index contributed by atoms with van der Waals surface area (Å²) in [5, 5.41) is 15.1. The molecule has 0 unspecified atom stereocenters. The van der Waals surface area contributed by atoms with Gasteiger partial charge in [-0.1, -0.05) is 224 Å². The van der Waals surface area contributed by atoms with Crippen molar-refractivity contribution in [3.05, 3.63) is 242 Å². The minimum Gasteiger partial charge on any atom is -0.252 e. The van der Waals surface area contributed by atoms with Gasteiger partial charge in [0.25, 0.3) is 0 Å². The van der Waals surface area contributed by atoms with Crippen LogP contribution in [-0.4, -0.2) is 9.97 Å². The fourth-order valence-corrected chi connectivity index (χ4v) is 10.8. The lowest BCUT2D eigenvalue weighted by atomic mass is 9.84. The van der Waals surface area contributed by atoms with Gasteiger partial charge in [0.05, 0.1) is 23.3 Å². The van der Waals surface area contributed by atoms with Gasteiger partial charge in [0.15, 0.2) is 0 Å². The summed E-state index contributed by atoms with van der Waals surface area (Å²) >= 11 is 0. The van der Waals surface area contributed by atoms with Gasteiger partial charge in [-0.2, -0.15) is 0 Å². The lowest BCUT2D eigenvalue weighted by molar-refractivity contribution is 1.21. The summed E-state index contributed by atoms with van der Waals surface area (Å²) < 4.78 is 0. The highest BCUT2D eigenvalue weighted by atomic mass is 14.8. The number of aromatic nitrogens is 2. The lowest BCUT2D eigenvalue weighted by Crippen LogP contribution is -1.96. The van der Waals surface area contributed by atoms with Gasteiger partial charge >= 0.3 is 0 Å². The van der Waals surface area contributed by atoms with Crippen LogP contribution in [0.25, 0.3) is 132 Å². The van der Waals surface area contributed by atoms with Crippen molar-refractivity contribution in [3.8, 4) is 67.2 Å². The molecule has 0 aliphatic rings. The Kier molecular flexibility index (Phi) is 9.11. The molecule has 0 atom stereocenters. The van der Waals surface area contributed by atoms with E-state index in [2.05, 4.69) is 213 Å². The molecule has 0 aliphatic carbocycles. The number of benzene rings is 12. The molecule has 1 heterocycles. The molecule has 2 heteroatoms. The molecule has 13 rings (SSSR count). The molecule has 0 bridgehead atoms. The molecular weight excluding hydrogens is 809 g/mol. The van der Waals surface area contributed by atoms with Gasteiger partial charge in [0, 0.05) is 16.7 Å². The van der Waals surface area contributed by atoms with Crippen molar-refractivity contribution in [3.63, 3.8) is 0 Å². The molecule has 1 aromatic heterocycles. The normalized spacial score (nSPS) is 11.7. The first kappa shape index (κ1) is 38.7. The Balaban J connectivity index is 0.946. The fourth-order valence-electron chi connectivity index (χ4n) is 10.8. The molecule has 12 aromatic carbocycles. The largest absolute Gasteiger partial charge is 0.252 e. The topological polar surface area (TPSA) is 25.8 Å². The van der Waals surface area contributed by atoms with E-state index in [-0.39, 0.29) is 0 Å². The highest BCUT2D eigenvalue weighted by molar-refractivity contribution is 6.24. The predicted molar refractivity (Wildman–Crippen MR) is 284 cm³/mol. The van der Waals surface area contributed by atoms with Crippen LogP contribution in [0.15, 0.2) is 237 Å². The van der Waals surface area contributed by atoms with Crippen molar-refractivity contribution in [2.75, 3.05) is 0 Å². The molecule has 0 aliphatic heterocycles. The second-order valence-electron chi connectivity index (χ2n) is 17.7. The van der Waals surface area contributed by atoms with E-state index in [1.165, 1.54) is 98.0 Å². The summed E-state index contributed by atoms with van der Waals surface area (Å²) in [5.74, 6) is 0. The Hall–Kier alpha value is -8.72. The van der Waals surface area contributed by atoms with Crippen LogP contribution in [0.1, 0.15) is 5.56 Å². The second kappa shape index (κ2) is 15.8. The monoisotopic (exact) mass is 850 g/mol. The van der Waals surface area contributed by atoms with Gasteiger partial charge in [0.2, 0.25) is 0 Å². The van der Waals surface area contributed by atoms with Crippen molar-refractivity contribution in [2.24, 2.45) is 0 Å². The summed E-state index contributed by atoms with van der Waals surface area (Å²) in [5.41, 5.74) is 14.4. The highest BCUT2D eigenvalue weighted by Crippen LogP contribution is 2.46. The highest BCUT2D eigenvalue weighted by Gasteiger charge is 2.20. The van der Waals surface area contributed by atoms with Crippen molar-refractivity contribution in [2.45, 2.75) is 6.92 Å². The van der Waals surface area contributed by atoms with E-state index in [0.29, 0.717) is 0 Å². The third-order valence-corrected chi connectivity index (χ3v) is 13.8. The maximum atomic E-state index is 5.26. The summed E-state index contributed by atoms with van der Waals surface area (Å²) in [6.07, 6.45) is 1.91. The van der Waals surface area contributed by atoms with E-state index >= 15 is 0 Å². The number of hydrogen-bond donors (Lipinski definition) is 0. The van der Waals surface area contributed by atoms with Gasteiger partial charge in [-0.15, -0.1) is 0 Å². The first-order chi connectivity index (χ1) is 33.2. The molecule has 2 nitrogen and oxygen atoms in total. The van der Waals surface area contributed by atoms with Gasteiger partial charge in [-0.25, -0.2) is 4.98 Å². The van der Waals surface area contributed by atoms with Crippen LogP contribution in [0.3, 0.4) is 0 Å². The van der Waals surface area contributed by atoms with Crippen LogP contribution in [0.4, 0.5) is 0 Å². The van der Waals surface area contributed by atoms with Crippen molar-refractivity contribution in [1.29, 1.82) is 0 Å². The Labute approximate surface area is 389 Å². The minimum atomic E-state index is 0.840. The third-order valence-electron chi connectivity index (χ3n) is 13.8. The van der Waals surface area contributed by atoms with Crippen molar-refractivity contribution >= 4 is 64.6 Å². The molecule has 67 heavy (non-hydrogen) atoms. The summed E-state index contributed by atoms with van der Waals surface area (Å²) in [7, 11) is 0. The molecule has 0 spiro atoms. The fraction of sp³-hybridized carbons (Fsp3) is 0.0154. The number of fused-ring (bicyclic) bond motifs is 8. The van der Waals surface area contributed by atoms with E-state index in [9.17, 15) is 0 Å². The molecule has 0 amide bonds. The minimum absolute atomic E-state index is 0.840. The second-order valence-corrected chi connectivity index (χ2v) is 17.7. The first-order valence-corrected chi connectivity index (χ1v) is 23.1. The Bertz CT molecular complexity index is 4020. The third kappa shape index (κ3) is 6.41.